The maximum atomic E-state index is 13.5. The monoisotopic (exact) mass is 567 g/mol. The number of rotatable bonds is 9. The van der Waals surface area contributed by atoms with E-state index in [1.807, 2.05) is 0 Å². The Balaban J connectivity index is 1.70. The second kappa shape index (κ2) is 11.5. The number of anilines is 2. The van der Waals surface area contributed by atoms with Gasteiger partial charge < -0.3 is 24.8 Å². The molecule has 0 saturated heterocycles. The summed E-state index contributed by atoms with van der Waals surface area (Å²) in [5.41, 5.74) is 0.496. The molecule has 1 unspecified atom stereocenters. The molecule has 210 valence electrons. The van der Waals surface area contributed by atoms with Crippen molar-refractivity contribution in [3.05, 3.63) is 69.6 Å². The third-order valence-corrected chi connectivity index (χ3v) is 6.79. The Hall–Kier alpha value is -4.15. The van der Waals surface area contributed by atoms with Crippen molar-refractivity contribution in [2.75, 3.05) is 31.5 Å². The van der Waals surface area contributed by atoms with Gasteiger partial charge in [0.1, 0.15) is 17.5 Å². The molecule has 0 aliphatic carbocycles. The number of halogens is 1. The van der Waals surface area contributed by atoms with Crippen molar-refractivity contribution in [1.82, 2.24) is 4.57 Å². The molecule has 3 aromatic rings. The van der Waals surface area contributed by atoms with Crippen LogP contribution < -0.4 is 25.7 Å². The molecule has 2 heterocycles. The summed E-state index contributed by atoms with van der Waals surface area (Å²) in [4.78, 5) is 51.5. The van der Waals surface area contributed by atoms with E-state index in [2.05, 4.69) is 10.6 Å². The number of fused-ring (bicyclic) bond motifs is 1. The third-order valence-electron chi connectivity index (χ3n) is 6.56. The number of ether oxygens (including phenoxy) is 3. The molecule has 2 amide bonds. The Bertz CT molecular complexity index is 1550. The van der Waals surface area contributed by atoms with Crippen molar-refractivity contribution in [2.24, 2.45) is 0 Å². The average Bonchev–Trinajstić information content (AvgIpc) is 2.90. The molecular formula is C29H30ClN3O7. The summed E-state index contributed by atoms with van der Waals surface area (Å²) in [6.45, 7) is 4.93. The topological polar surface area (TPSA) is 125 Å². The van der Waals surface area contributed by atoms with Gasteiger partial charge in [-0.2, -0.15) is 0 Å². The molecule has 0 radical (unpaired) electrons. The highest BCUT2D eigenvalue weighted by Gasteiger charge is 2.35. The van der Waals surface area contributed by atoms with E-state index in [9.17, 15) is 19.2 Å². The van der Waals surface area contributed by atoms with Gasteiger partial charge in [-0.1, -0.05) is 11.6 Å². The van der Waals surface area contributed by atoms with Crippen LogP contribution >= 0.6 is 11.6 Å². The number of carbonyl (C=O) groups excluding carboxylic acids is 3. The molecule has 1 aliphatic rings. The normalized spacial score (nSPS) is 14.4. The summed E-state index contributed by atoms with van der Waals surface area (Å²) in [5, 5.41) is 5.98. The quantitative estimate of drug-likeness (QED) is 0.359. The van der Waals surface area contributed by atoms with Crippen LogP contribution in [0.5, 0.6) is 11.5 Å². The van der Waals surface area contributed by atoms with Crippen molar-refractivity contribution in [1.29, 1.82) is 0 Å². The lowest BCUT2D eigenvalue weighted by Gasteiger charge is -2.31. The van der Waals surface area contributed by atoms with Gasteiger partial charge in [-0.3, -0.25) is 23.7 Å². The van der Waals surface area contributed by atoms with E-state index < -0.39 is 23.1 Å². The maximum Gasteiger partial charge on any atom is 0.268 e. The third kappa shape index (κ3) is 5.88. The minimum absolute atomic E-state index is 0.180. The maximum absolute atomic E-state index is 13.5. The van der Waals surface area contributed by atoms with Crippen molar-refractivity contribution in [2.45, 2.75) is 38.8 Å². The van der Waals surface area contributed by atoms with Crippen LogP contribution in [0, 0.1) is 0 Å². The molecular weight excluding hydrogens is 538 g/mol. The molecule has 1 aromatic heterocycles. The van der Waals surface area contributed by atoms with E-state index in [-0.39, 0.29) is 30.5 Å². The van der Waals surface area contributed by atoms with Gasteiger partial charge in [-0.15, -0.1) is 0 Å². The van der Waals surface area contributed by atoms with Gasteiger partial charge in [-0.25, -0.2) is 0 Å². The van der Waals surface area contributed by atoms with Gasteiger partial charge in [0.25, 0.3) is 11.5 Å². The first-order valence-corrected chi connectivity index (χ1v) is 12.9. The first kappa shape index (κ1) is 28.8. The van der Waals surface area contributed by atoms with Crippen LogP contribution in [0.3, 0.4) is 0 Å². The van der Waals surface area contributed by atoms with E-state index in [1.165, 1.54) is 38.0 Å². The Morgan fingerprint density at radius 1 is 1.10 bits per heavy atom. The highest BCUT2D eigenvalue weighted by Crippen LogP contribution is 2.36. The first-order chi connectivity index (χ1) is 18.9. The zero-order valence-electron chi connectivity index (χ0n) is 22.8. The lowest BCUT2D eigenvalue weighted by atomic mass is 9.97. The summed E-state index contributed by atoms with van der Waals surface area (Å²) >= 11 is 6.20. The number of hydrogen-bond acceptors (Lipinski definition) is 7. The van der Waals surface area contributed by atoms with E-state index in [4.69, 9.17) is 25.8 Å². The van der Waals surface area contributed by atoms with Crippen LogP contribution in [0.1, 0.15) is 43.6 Å². The average molecular weight is 568 g/mol. The molecule has 11 heteroatoms. The fourth-order valence-corrected chi connectivity index (χ4v) is 4.60. The molecule has 0 fully saturated rings. The summed E-state index contributed by atoms with van der Waals surface area (Å²) in [7, 11) is 2.93. The highest BCUT2D eigenvalue weighted by atomic mass is 35.5. The van der Waals surface area contributed by atoms with Crippen LogP contribution in [0.15, 0.2) is 53.5 Å². The number of ketones is 1. The van der Waals surface area contributed by atoms with Crippen LogP contribution in [-0.2, 0) is 14.3 Å². The second-order valence-electron chi connectivity index (χ2n) is 9.81. The molecule has 40 heavy (non-hydrogen) atoms. The Morgan fingerprint density at radius 3 is 2.52 bits per heavy atom. The Morgan fingerprint density at radius 2 is 1.85 bits per heavy atom. The Labute approximate surface area is 236 Å². The number of amides is 2. The van der Waals surface area contributed by atoms with E-state index >= 15 is 0 Å². The zero-order valence-corrected chi connectivity index (χ0v) is 23.5. The molecule has 0 bridgehead atoms. The van der Waals surface area contributed by atoms with Crippen LogP contribution in [0.2, 0.25) is 5.02 Å². The first-order valence-electron chi connectivity index (χ1n) is 12.5. The molecule has 1 aliphatic heterocycles. The molecule has 2 aromatic carbocycles. The van der Waals surface area contributed by atoms with Crippen molar-refractivity contribution >= 4 is 40.6 Å². The number of nitrogens with one attached hydrogen (secondary N) is 2. The van der Waals surface area contributed by atoms with Gasteiger partial charge in [-0.05, 0) is 62.7 Å². The lowest BCUT2D eigenvalue weighted by molar-refractivity contribution is -0.129. The standard InChI is InChI=1S/C29H30ClN3O7/c1-16(34)19-8-6-17(30)12-20(19)21-14-26(35)33(15-25(21)39-5)23(10-11-38-4)27(36)31-18-7-9-24-22(13-18)32-28(37)29(2,3)40-24/h6-9,12-15,23H,10-11H2,1-5H3,(H,31,36)(H,32,37). The van der Waals surface area contributed by atoms with Gasteiger partial charge in [0, 0.05) is 48.0 Å². The SMILES string of the molecule is COCCC(C(=O)Nc1ccc2c(c1)NC(=O)C(C)(C)O2)n1cc(OC)c(-c2cc(Cl)ccc2C(C)=O)cc1=O. The molecule has 0 saturated carbocycles. The van der Waals surface area contributed by atoms with Crippen molar-refractivity contribution < 1.29 is 28.6 Å². The molecule has 10 nitrogen and oxygen atoms in total. The summed E-state index contributed by atoms with van der Waals surface area (Å²) in [6.07, 6.45) is 1.62. The minimum atomic E-state index is -1.02. The number of benzene rings is 2. The second-order valence-corrected chi connectivity index (χ2v) is 10.2. The smallest absolute Gasteiger partial charge is 0.268 e. The van der Waals surface area contributed by atoms with Crippen LogP contribution in [0.25, 0.3) is 11.1 Å². The predicted molar refractivity (Wildman–Crippen MR) is 152 cm³/mol. The van der Waals surface area contributed by atoms with Crippen molar-refractivity contribution in [3.63, 3.8) is 0 Å². The zero-order chi connectivity index (χ0) is 29.2. The number of Topliss-reactive ketones (excluding diaryl/α,β-unsaturated/α-hetero) is 1. The molecule has 2 N–H and O–H groups in total. The number of methoxy groups -OCH3 is 2. The summed E-state index contributed by atoms with van der Waals surface area (Å²) < 4.78 is 17.8. The highest BCUT2D eigenvalue weighted by molar-refractivity contribution is 6.31. The summed E-state index contributed by atoms with van der Waals surface area (Å²) in [6, 6.07) is 10.0. The summed E-state index contributed by atoms with van der Waals surface area (Å²) in [5.74, 6) is -0.250. The van der Waals surface area contributed by atoms with Gasteiger partial charge in [0.15, 0.2) is 11.4 Å². The number of hydrogen-bond donors (Lipinski definition) is 2. The van der Waals surface area contributed by atoms with Crippen LogP contribution in [0.4, 0.5) is 11.4 Å². The lowest BCUT2D eigenvalue weighted by Crippen LogP contribution is -2.45. The molecule has 1 atom stereocenters. The number of aromatic nitrogens is 1. The Kier molecular flexibility index (Phi) is 8.32. The molecule has 4 rings (SSSR count). The number of carbonyl (C=O) groups is 3. The number of pyridine rings is 1. The van der Waals surface area contributed by atoms with E-state index in [0.29, 0.717) is 38.8 Å². The van der Waals surface area contributed by atoms with Crippen molar-refractivity contribution in [3.8, 4) is 22.6 Å². The van der Waals surface area contributed by atoms with Gasteiger partial charge >= 0.3 is 0 Å². The predicted octanol–water partition coefficient (Wildman–Crippen LogP) is 4.71. The number of nitrogens with zero attached hydrogens (tertiary/aromatic N) is 1. The van der Waals surface area contributed by atoms with Gasteiger partial charge in [0.05, 0.1) is 19.0 Å². The van der Waals surface area contributed by atoms with Gasteiger partial charge in [0.2, 0.25) is 5.91 Å². The molecule has 0 spiro atoms. The fraction of sp³-hybridized carbons (Fsp3) is 0.310. The minimum Gasteiger partial charge on any atom is -0.495 e. The largest absolute Gasteiger partial charge is 0.495 e. The van der Waals surface area contributed by atoms with Crippen LogP contribution in [-0.4, -0.2) is 48.6 Å². The van der Waals surface area contributed by atoms with E-state index in [0.717, 1.165) is 0 Å². The van der Waals surface area contributed by atoms with E-state index in [1.54, 1.807) is 50.2 Å². The fourth-order valence-electron chi connectivity index (χ4n) is 4.43.